The van der Waals surface area contributed by atoms with Gasteiger partial charge in [-0.3, -0.25) is 5.10 Å². The quantitative estimate of drug-likeness (QED) is 0.294. The molecule has 1 heterocycles. The van der Waals surface area contributed by atoms with Gasteiger partial charge in [0.1, 0.15) is 11.3 Å². The Morgan fingerprint density at radius 1 is 1.07 bits per heavy atom. The molecule has 4 rings (SSSR count). The Morgan fingerprint density at radius 2 is 1.77 bits per heavy atom. The third-order valence-electron chi connectivity index (χ3n) is 4.68. The second-order valence-corrected chi connectivity index (χ2v) is 7.47. The van der Waals surface area contributed by atoms with E-state index in [9.17, 15) is 9.18 Å². The summed E-state index contributed by atoms with van der Waals surface area (Å²) in [5.41, 5.74) is 15.5. The summed E-state index contributed by atoms with van der Waals surface area (Å²) >= 11 is 3.41. The van der Waals surface area contributed by atoms with Crippen molar-refractivity contribution in [2.45, 2.75) is 6.54 Å². The van der Waals surface area contributed by atoms with Crippen molar-refractivity contribution in [2.75, 3.05) is 16.4 Å². The van der Waals surface area contributed by atoms with Crippen LogP contribution in [0.15, 0.2) is 59.1 Å². The first-order valence-corrected chi connectivity index (χ1v) is 9.84. The van der Waals surface area contributed by atoms with Crippen LogP contribution in [0.4, 0.5) is 26.4 Å². The summed E-state index contributed by atoms with van der Waals surface area (Å²) in [4.78, 5) is 12.3. The highest BCUT2D eigenvalue weighted by Gasteiger charge is 2.14. The highest BCUT2D eigenvalue weighted by Crippen LogP contribution is 2.33. The summed E-state index contributed by atoms with van der Waals surface area (Å²) in [5.74, 6) is -0.189. The summed E-state index contributed by atoms with van der Waals surface area (Å²) < 4.78 is 14.8. The molecule has 0 aliphatic carbocycles. The van der Waals surface area contributed by atoms with Gasteiger partial charge in [0.25, 0.3) is 0 Å². The summed E-state index contributed by atoms with van der Waals surface area (Å²) in [6.07, 6.45) is 0. The number of carbonyl (C=O) groups is 1. The Balaban J connectivity index is 1.51. The number of urea groups is 1. The van der Waals surface area contributed by atoms with Gasteiger partial charge >= 0.3 is 6.03 Å². The van der Waals surface area contributed by atoms with E-state index in [1.807, 2.05) is 24.3 Å². The first-order chi connectivity index (χ1) is 14.5. The number of aromatic nitrogens is 2. The zero-order valence-corrected chi connectivity index (χ0v) is 17.3. The molecule has 7 nitrogen and oxygen atoms in total. The lowest BCUT2D eigenvalue weighted by Crippen LogP contribution is -2.19. The maximum atomic E-state index is 14.0. The van der Waals surface area contributed by atoms with Crippen molar-refractivity contribution in [2.24, 2.45) is 5.73 Å². The van der Waals surface area contributed by atoms with Crippen LogP contribution in [0.5, 0.6) is 0 Å². The second kappa shape index (κ2) is 8.13. The van der Waals surface area contributed by atoms with E-state index in [0.717, 1.165) is 21.2 Å². The van der Waals surface area contributed by atoms with Gasteiger partial charge in [0.15, 0.2) is 5.82 Å². The van der Waals surface area contributed by atoms with Gasteiger partial charge in [-0.15, -0.1) is 0 Å². The summed E-state index contributed by atoms with van der Waals surface area (Å²) in [6, 6.07) is 15.2. The lowest BCUT2D eigenvalue weighted by molar-refractivity contribution is 0.262. The predicted octanol–water partition coefficient (Wildman–Crippen LogP) is 4.82. The van der Waals surface area contributed by atoms with Crippen LogP contribution in [-0.4, -0.2) is 16.2 Å². The van der Waals surface area contributed by atoms with Gasteiger partial charge in [0.2, 0.25) is 0 Å². The number of anilines is 3. The Labute approximate surface area is 179 Å². The molecule has 9 heteroatoms. The highest BCUT2D eigenvalue weighted by molar-refractivity contribution is 9.10. The van der Waals surface area contributed by atoms with Crippen molar-refractivity contribution in [3.63, 3.8) is 0 Å². The molecule has 0 spiro atoms. The molecule has 1 aromatic heterocycles. The van der Waals surface area contributed by atoms with Gasteiger partial charge < -0.3 is 22.1 Å². The fraction of sp³-hybridized carbons (Fsp3) is 0.0476. The van der Waals surface area contributed by atoms with Crippen molar-refractivity contribution < 1.29 is 9.18 Å². The van der Waals surface area contributed by atoms with Crippen LogP contribution < -0.4 is 22.1 Å². The fourth-order valence-corrected chi connectivity index (χ4v) is 3.61. The van der Waals surface area contributed by atoms with Crippen molar-refractivity contribution in [1.29, 1.82) is 0 Å². The molecule has 0 saturated heterocycles. The van der Waals surface area contributed by atoms with Crippen LogP contribution in [0.3, 0.4) is 0 Å². The average Bonchev–Trinajstić information content (AvgIpc) is 3.13. The van der Waals surface area contributed by atoms with Gasteiger partial charge in [-0.05, 0) is 53.1 Å². The molecule has 4 aromatic rings. The second-order valence-electron chi connectivity index (χ2n) is 6.62. The largest absolute Gasteiger partial charge is 0.382 e. The number of aromatic amines is 1. The predicted molar refractivity (Wildman–Crippen MR) is 121 cm³/mol. The molecular weight excluding hydrogens is 451 g/mol. The van der Waals surface area contributed by atoms with Gasteiger partial charge in [0.05, 0.1) is 5.39 Å². The number of halogens is 2. The molecule has 0 radical (unpaired) electrons. The van der Waals surface area contributed by atoms with E-state index in [2.05, 4.69) is 36.8 Å². The number of hydrogen-bond donors (Lipinski definition) is 5. The summed E-state index contributed by atoms with van der Waals surface area (Å²) in [7, 11) is 0. The number of amides is 2. The number of nitrogens with two attached hydrogens (primary N) is 2. The van der Waals surface area contributed by atoms with Crippen molar-refractivity contribution >= 4 is 50.1 Å². The number of benzene rings is 3. The zero-order chi connectivity index (χ0) is 21.3. The maximum absolute atomic E-state index is 14.0. The van der Waals surface area contributed by atoms with Crippen LogP contribution in [0.25, 0.3) is 22.0 Å². The molecular formula is C21H18BrFN6O. The number of carbonyl (C=O) groups excluding carboxylic acids is 1. The molecule has 0 bridgehead atoms. The molecule has 152 valence electrons. The van der Waals surface area contributed by atoms with Crippen molar-refractivity contribution in [1.82, 2.24) is 10.2 Å². The Morgan fingerprint density at radius 3 is 2.50 bits per heavy atom. The number of nitrogen functional groups attached to an aromatic ring is 1. The standard InChI is InChI=1S/C21H18BrFN6O/c22-16-7-5-14(9-12(16)10-24)27-21(30)26-13-3-1-11(2-4-13)15-6-8-17(23)19-18(15)20(25)29-28-19/h1-9H,10,24H2,(H3,25,28,29)(H2,26,27,30). The molecule has 0 unspecified atom stereocenters. The van der Waals surface area contributed by atoms with Gasteiger partial charge in [-0.1, -0.05) is 34.1 Å². The van der Waals surface area contributed by atoms with Gasteiger partial charge in [-0.2, -0.15) is 5.10 Å². The summed E-state index contributed by atoms with van der Waals surface area (Å²) in [6.45, 7) is 0.358. The number of fused-ring (bicyclic) bond motifs is 1. The maximum Gasteiger partial charge on any atom is 0.323 e. The van der Waals surface area contributed by atoms with Crippen molar-refractivity contribution in [3.05, 3.63) is 70.5 Å². The first kappa shape index (κ1) is 19.9. The van der Waals surface area contributed by atoms with E-state index in [1.54, 1.807) is 24.3 Å². The molecule has 2 amide bonds. The van der Waals surface area contributed by atoms with Crippen LogP contribution in [-0.2, 0) is 6.54 Å². The Bertz CT molecular complexity index is 1240. The van der Waals surface area contributed by atoms with E-state index in [4.69, 9.17) is 11.5 Å². The minimum Gasteiger partial charge on any atom is -0.382 e. The van der Waals surface area contributed by atoms with E-state index in [1.165, 1.54) is 6.07 Å². The smallest absolute Gasteiger partial charge is 0.323 e. The van der Waals surface area contributed by atoms with E-state index in [-0.39, 0.29) is 17.4 Å². The molecule has 0 aliphatic heterocycles. The molecule has 3 aromatic carbocycles. The fourth-order valence-electron chi connectivity index (χ4n) is 3.20. The number of nitrogens with one attached hydrogen (secondary N) is 3. The zero-order valence-electron chi connectivity index (χ0n) is 15.7. The molecule has 0 fully saturated rings. The van der Waals surface area contributed by atoms with E-state index < -0.39 is 5.82 Å². The van der Waals surface area contributed by atoms with Crippen LogP contribution in [0.1, 0.15) is 5.56 Å². The monoisotopic (exact) mass is 468 g/mol. The highest BCUT2D eigenvalue weighted by atomic mass is 79.9. The van der Waals surface area contributed by atoms with Crippen LogP contribution in [0, 0.1) is 5.82 Å². The molecule has 0 aliphatic rings. The molecule has 0 saturated carbocycles. The normalized spacial score (nSPS) is 10.9. The van der Waals surface area contributed by atoms with Gasteiger partial charge in [-0.25, -0.2) is 9.18 Å². The first-order valence-electron chi connectivity index (χ1n) is 9.05. The van der Waals surface area contributed by atoms with E-state index in [0.29, 0.717) is 23.3 Å². The Kier molecular flexibility index (Phi) is 5.39. The average molecular weight is 469 g/mol. The molecule has 0 atom stereocenters. The number of rotatable bonds is 4. The molecule has 7 N–H and O–H groups in total. The lowest BCUT2D eigenvalue weighted by atomic mass is 10.0. The van der Waals surface area contributed by atoms with Crippen LogP contribution in [0.2, 0.25) is 0 Å². The minimum atomic E-state index is -0.418. The Hall–Kier alpha value is -3.43. The summed E-state index contributed by atoms with van der Waals surface area (Å²) in [5, 5.41) is 12.6. The lowest BCUT2D eigenvalue weighted by Gasteiger charge is -2.11. The van der Waals surface area contributed by atoms with E-state index >= 15 is 0 Å². The number of hydrogen-bond acceptors (Lipinski definition) is 4. The molecule has 30 heavy (non-hydrogen) atoms. The number of H-pyrrole nitrogens is 1. The number of nitrogens with zero attached hydrogens (tertiary/aromatic N) is 1. The van der Waals surface area contributed by atoms with Gasteiger partial charge in [0, 0.05) is 22.4 Å². The third kappa shape index (κ3) is 3.85. The van der Waals surface area contributed by atoms with Crippen molar-refractivity contribution in [3.8, 4) is 11.1 Å². The SMILES string of the molecule is NCc1cc(NC(=O)Nc2ccc(-c3ccc(F)c4[nH]nc(N)c34)cc2)ccc1Br. The minimum absolute atomic E-state index is 0.229. The topological polar surface area (TPSA) is 122 Å². The van der Waals surface area contributed by atoms with Crippen LogP contribution >= 0.6 is 15.9 Å². The third-order valence-corrected chi connectivity index (χ3v) is 5.45.